The number of anilines is 2. The van der Waals surface area contributed by atoms with Gasteiger partial charge in [-0.25, -0.2) is 4.98 Å². The van der Waals surface area contributed by atoms with Gasteiger partial charge in [0, 0.05) is 0 Å². The molecule has 0 aliphatic heterocycles. The van der Waals surface area contributed by atoms with Gasteiger partial charge in [-0.3, -0.25) is 0 Å². The van der Waals surface area contributed by atoms with E-state index in [0.29, 0.717) is 5.52 Å². The Bertz CT molecular complexity index is 763. The maximum atomic E-state index is 13.1. The van der Waals surface area contributed by atoms with Crippen LogP contribution in [0.4, 0.5) is 24.8 Å². The number of halogens is 4. The van der Waals surface area contributed by atoms with E-state index in [1.165, 1.54) is 18.2 Å². The van der Waals surface area contributed by atoms with Gasteiger partial charge >= 0.3 is 6.18 Å². The highest BCUT2D eigenvalue weighted by Crippen LogP contribution is 2.40. The van der Waals surface area contributed by atoms with Crippen LogP contribution in [0.3, 0.4) is 0 Å². The van der Waals surface area contributed by atoms with E-state index >= 15 is 0 Å². The number of hydrogen-bond donors (Lipinski definition) is 2. The molecule has 2 N–H and O–H groups in total. The first-order valence-corrected chi connectivity index (χ1v) is 6.40. The number of benzene rings is 2. The first-order valence-electron chi connectivity index (χ1n) is 6.02. The predicted octanol–water partition coefficient (Wildman–Crippen LogP) is 4.98. The summed E-state index contributed by atoms with van der Waals surface area (Å²) < 4.78 is 39.2. The maximum absolute atomic E-state index is 13.1. The Kier molecular flexibility index (Phi) is 3.25. The van der Waals surface area contributed by atoms with Gasteiger partial charge in [0.15, 0.2) is 0 Å². The van der Waals surface area contributed by atoms with Gasteiger partial charge in [0.2, 0.25) is 5.95 Å². The molecule has 3 nitrogen and oxygen atoms in total. The number of fused-ring (bicyclic) bond motifs is 1. The average Bonchev–Trinajstić information content (AvgIpc) is 2.79. The lowest BCUT2D eigenvalue weighted by atomic mass is 10.1. The van der Waals surface area contributed by atoms with Crippen molar-refractivity contribution in [2.45, 2.75) is 6.18 Å². The van der Waals surface area contributed by atoms with Crippen molar-refractivity contribution in [2.24, 2.45) is 0 Å². The number of para-hydroxylation sites is 2. The molecular weight excluding hydrogens is 303 g/mol. The molecule has 0 fully saturated rings. The highest BCUT2D eigenvalue weighted by molar-refractivity contribution is 6.31. The molecule has 108 valence electrons. The minimum absolute atomic E-state index is 0.144. The number of aromatic amines is 1. The number of alkyl halides is 3. The number of aromatic nitrogens is 2. The van der Waals surface area contributed by atoms with Crippen LogP contribution < -0.4 is 5.32 Å². The number of H-pyrrole nitrogens is 1. The molecule has 0 aliphatic rings. The number of rotatable bonds is 2. The molecule has 0 unspecified atom stereocenters. The van der Waals surface area contributed by atoms with Crippen LogP contribution in [0.2, 0.25) is 5.02 Å². The fourth-order valence-electron chi connectivity index (χ4n) is 2.06. The summed E-state index contributed by atoms with van der Waals surface area (Å²) in [5.74, 6) is 0.226. The normalized spacial score (nSPS) is 11.8. The van der Waals surface area contributed by atoms with Crippen molar-refractivity contribution in [3.63, 3.8) is 0 Å². The molecule has 0 amide bonds. The number of imidazole rings is 1. The topological polar surface area (TPSA) is 40.7 Å². The van der Waals surface area contributed by atoms with E-state index in [-0.39, 0.29) is 16.7 Å². The van der Waals surface area contributed by atoms with E-state index in [0.717, 1.165) is 5.52 Å². The smallest absolute Gasteiger partial charge is 0.325 e. The fourth-order valence-corrected chi connectivity index (χ4v) is 2.34. The monoisotopic (exact) mass is 311 g/mol. The van der Waals surface area contributed by atoms with Gasteiger partial charge in [0.05, 0.1) is 27.3 Å². The van der Waals surface area contributed by atoms with Crippen LogP contribution in [-0.4, -0.2) is 9.97 Å². The van der Waals surface area contributed by atoms with Crippen LogP contribution in [-0.2, 0) is 6.18 Å². The summed E-state index contributed by atoms with van der Waals surface area (Å²) in [4.78, 5) is 7.09. The number of nitrogens with one attached hydrogen (secondary N) is 2. The van der Waals surface area contributed by atoms with Crippen molar-refractivity contribution < 1.29 is 13.2 Å². The van der Waals surface area contributed by atoms with Gasteiger partial charge < -0.3 is 10.3 Å². The van der Waals surface area contributed by atoms with Gasteiger partial charge in [-0.2, -0.15) is 13.2 Å². The SMILES string of the molecule is FC(F)(F)c1c(Cl)cccc1Nc1nc2ccccc2[nH]1. The Morgan fingerprint density at radius 1 is 1.05 bits per heavy atom. The predicted molar refractivity (Wildman–Crippen MR) is 75.8 cm³/mol. The molecule has 0 aliphatic carbocycles. The third-order valence-corrected chi connectivity index (χ3v) is 3.25. The van der Waals surface area contributed by atoms with Crippen molar-refractivity contribution in [1.29, 1.82) is 0 Å². The highest BCUT2D eigenvalue weighted by atomic mass is 35.5. The molecule has 0 bridgehead atoms. The lowest BCUT2D eigenvalue weighted by Gasteiger charge is -2.14. The summed E-state index contributed by atoms with van der Waals surface area (Å²) in [7, 11) is 0. The quantitative estimate of drug-likeness (QED) is 0.701. The molecule has 0 radical (unpaired) electrons. The van der Waals surface area contributed by atoms with Crippen LogP contribution in [0.1, 0.15) is 5.56 Å². The first kappa shape index (κ1) is 13.8. The highest BCUT2D eigenvalue weighted by Gasteiger charge is 2.36. The molecule has 0 spiro atoms. The van der Waals surface area contributed by atoms with E-state index in [9.17, 15) is 13.2 Å². The van der Waals surface area contributed by atoms with Gasteiger partial charge in [-0.05, 0) is 24.3 Å². The molecule has 3 aromatic rings. The molecule has 3 rings (SSSR count). The molecule has 0 atom stereocenters. The van der Waals surface area contributed by atoms with Gasteiger partial charge in [-0.15, -0.1) is 0 Å². The third-order valence-electron chi connectivity index (χ3n) is 2.94. The largest absolute Gasteiger partial charge is 0.419 e. The van der Waals surface area contributed by atoms with Crippen LogP contribution in [0.25, 0.3) is 11.0 Å². The van der Waals surface area contributed by atoms with Crippen LogP contribution in [0.5, 0.6) is 0 Å². The standard InChI is InChI=1S/C14H9ClF3N3/c15-8-4-3-7-11(12(8)14(16,17)18)21-13-19-9-5-1-2-6-10(9)20-13/h1-7H,(H2,19,20,21). The third kappa shape index (κ3) is 2.67. The summed E-state index contributed by atoms with van der Waals surface area (Å²) in [6, 6.07) is 11.1. The van der Waals surface area contributed by atoms with Crippen molar-refractivity contribution >= 4 is 34.3 Å². The molecule has 0 saturated heterocycles. The molecular formula is C14H9ClF3N3. The zero-order valence-corrected chi connectivity index (χ0v) is 11.3. The summed E-state index contributed by atoms with van der Waals surface area (Å²) in [5.41, 5.74) is 0.340. The lowest BCUT2D eigenvalue weighted by molar-refractivity contribution is -0.136. The van der Waals surface area contributed by atoms with Crippen molar-refractivity contribution in [3.05, 3.63) is 53.1 Å². The van der Waals surface area contributed by atoms with E-state index in [1.807, 2.05) is 6.07 Å². The molecule has 7 heteroatoms. The molecule has 1 aromatic heterocycles. The van der Waals surface area contributed by atoms with Crippen molar-refractivity contribution in [3.8, 4) is 0 Å². The van der Waals surface area contributed by atoms with Crippen LogP contribution in [0.15, 0.2) is 42.5 Å². The van der Waals surface area contributed by atoms with Gasteiger partial charge in [-0.1, -0.05) is 29.8 Å². The number of nitrogens with zero attached hydrogens (tertiary/aromatic N) is 1. The molecule has 21 heavy (non-hydrogen) atoms. The second kappa shape index (κ2) is 4.96. The van der Waals surface area contributed by atoms with Crippen molar-refractivity contribution in [1.82, 2.24) is 9.97 Å². The van der Waals surface area contributed by atoms with Crippen molar-refractivity contribution in [2.75, 3.05) is 5.32 Å². The minimum Gasteiger partial charge on any atom is -0.325 e. The van der Waals surface area contributed by atoms with Crippen LogP contribution >= 0.6 is 11.6 Å². The first-order chi connectivity index (χ1) is 9.95. The summed E-state index contributed by atoms with van der Waals surface area (Å²) >= 11 is 5.67. The Labute approximate surface area is 122 Å². The Balaban J connectivity index is 2.03. The van der Waals surface area contributed by atoms with E-state index in [1.54, 1.807) is 18.2 Å². The van der Waals surface area contributed by atoms with Gasteiger partial charge in [0.25, 0.3) is 0 Å². The summed E-state index contributed by atoms with van der Waals surface area (Å²) in [5, 5.41) is 2.28. The minimum atomic E-state index is -4.55. The summed E-state index contributed by atoms with van der Waals surface area (Å²) in [6.45, 7) is 0. The molecule has 1 heterocycles. The zero-order chi connectivity index (χ0) is 15.0. The fraction of sp³-hybridized carbons (Fsp3) is 0.0714. The van der Waals surface area contributed by atoms with Crippen LogP contribution in [0, 0.1) is 0 Å². The Hall–Kier alpha value is -2.21. The Morgan fingerprint density at radius 2 is 1.81 bits per heavy atom. The second-order valence-electron chi connectivity index (χ2n) is 4.39. The number of hydrogen-bond acceptors (Lipinski definition) is 2. The summed E-state index contributed by atoms with van der Waals surface area (Å²) in [6.07, 6.45) is -4.55. The second-order valence-corrected chi connectivity index (χ2v) is 4.79. The average molecular weight is 312 g/mol. The van der Waals surface area contributed by atoms with E-state index in [4.69, 9.17) is 11.6 Å². The zero-order valence-electron chi connectivity index (χ0n) is 10.5. The van der Waals surface area contributed by atoms with E-state index in [2.05, 4.69) is 15.3 Å². The Morgan fingerprint density at radius 3 is 2.52 bits per heavy atom. The lowest BCUT2D eigenvalue weighted by Crippen LogP contribution is -2.10. The maximum Gasteiger partial charge on any atom is 0.419 e. The van der Waals surface area contributed by atoms with E-state index < -0.39 is 11.7 Å². The van der Waals surface area contributed by atoms with Gasteiger partial charge in [0.1, 0.15) is 0 Å². The molecule has 2 aromatic carbocycles. The molecule has 0 saturated carbocycles.